The standard InChI is InChI=1S/C13H22N2O2/c1-2-12(13-4-3-9-17-13)14-5-6-15-7-10-16-11-8-15/h3-4,9,12,14H,2,5-8,10-11H2,1H3. The van der Waals surface area contributed by atoms with Crippen molar-refractivity contribution >= 4 is 0 Å². The molecule has 2 heterocycles. The molecule has 0 amide bonds. The topological polar surface area (TPSA) is 37.6 Å². The first-order chi connectivity index (χ1) is 8.40. The fourth-order valence-corrected chi connectivity index (χ4v) is 2.16. The maximum Gasteiger partial charge on any atom is 0.120 e. The molecule has 4 heteroatoms. The zero-order valence-corrected chi connectivity index (χ0v) is 10.5. The predicted octanol–water partition coefficient (Wildman–Crippen LogP) is 1.65. The van der Waals surface area contributed by atoms with Gasteiger partial charge in [-0.2, -0.15) is 0 Å². The molecule has 0 spiro atoms. The summed E-state index contributed by atoms with van der Waals surface area (Å²) in [6.45, 7) is 8.11. The van der Waals surface area contributed by atoms with Crippen LogP contribution in [0.1, 0.15) is 25.1 Å². The molecule has 1 saturated heterocycles. The number of rotatable bonds is 6. The molecule has 17 heavy (non-hydrogen) atoms. The van der Waals surface area contributed by atoms with Gasteiger partial charge >= 0.3 is 0 Å². The lowest BCUT2D eigenvalue weighted by atomic mass is 10.2. The van der Waals surface area contributed by atoms with Crippen LogP contribution in [0.4, 0.5) is 0 Å². The Hall–Kier alpha value is -0.840. The Balaban J connectivity index is 1.69. The van der Waals surface area contributed by atoms with Crippen LogP contribution in [-0.4, -0.2) is 44.3 Å². The molecule has 1 aliphatic heterocycles. The Bertz CT molecular complexity index is 294. The lowest BCUT2D eigenvalue weighted by molar-refractivity contribution is 0.0380. The zero-order valence-electron chi connectivity index (χ0n) is 10.5. The molecule has 0 saturated carbocycles. The normalized spacial score (nSPS) is 19.4. The van der Waals surface area contributed by atoms with Gasteiger partial charge in [0.1, 0.15) is 5.76 Å². The van der Waals surface area contributed by atoms with Gasteiger partial charge in [0.25, 0.3) is 0 Å². The van der Waals surface area contributed by atoms with E-state index < -0.39 is 0 Å². The van der Waals surface area contributed by atoms with Crippen molar-refractivity contribution in [2.24, 2.45) is 0 Å². The van der Waals surface area contributed by atoms with Crippen molar-refractivity contribution in [3.63, 3.8) is 0 Å². The minimum absolute atomic E-state index is 0.339. The highest BCUT2D eigenvalue weighted by molar-refractivity contribution is 5.03. The van der Waals surface area contributed by atoms with Crippen molar-refractivity contribution in [2.45, 2.75) is 19.4 Å². The summed E-state index contributed by atoms with van der Waals surface area (Å²) >= 11 is 0. The van der Waals surface area contributed by atoms with E-state index in [0.717, 1.165) is 51.6 Å². The second-order valence-corrected chi connectivity index (χ2v) is 4.38. The smallest absolute Gasteiger partial charge is 0.120 e. The van der Waals surface area contributed by atoms with Crippen molar-refractivity contribution in [3.8, 4) is 0 Å². The van der Waals surface area contributed by atoms with Crippen LogP contribution in [-0.2, 0) is 4.74 Å². The monoisotopic (exact) mass is 238 g/mol. The molecule has 2 rings (SSSR count). The lowest BCUT2D eigenvalue weighted by Gasteiger charge is -2.27. The molecule has 1 aromatic heterocycles. The SMILES string of the molecule is CCC(NCCN1CCOCC1)c1ccco1. The summed E-state index contributed by atoms with van der Waals surface area (Å²) in [5, 5.41) is 3.54. The third-order valence-corrected chi connectivity index (χ3v) is 3.22. The molecule has 1 aromatic rings. The third-order valence-electron chi connectivity index (χ3n) is 3.22. The Kier molecular flexibility index (Phi) is 5.04. The minimum Gasteiger partial charge on any atom is -0.468 e. The fraction of sp³-hybridized carbons (Fsp3) is 0.692. The summed E-state index contributed by atoms with van der Waals surface area (Å²) < 4.78 is 10.8. The van der Waals surface area contributed by atoms with Gasteiger partial charge in [0.2, 0.25) is 0 Å². The van der Waals surface area contributed by atoms with E-state index >= 15 is 0 Å². The molecule has 1 fully saturated rings. The van der Waals surface area contributed by atoms with Crippen LogP contribution in [0.5, 0.6) is 0 Å². The van der Waals surface area contributed by atoms with E-state index in [1.165, 1.54) is 0 Å². The molecule has 1 atom stereocenters. The van der Waals surface area contributed by atoms with Gasteiger partial charge in [-0.25, -0.2) is 0 Å². The van der Waals surface area contributed by atoms with Crippen LogP contribution in [0.25, 0.3) is 0 Å². The van der Waals surface area contributed by atoms with Crippen molar-refractivity contribution in [2.75, 3.05) is 39.4 Å². The van der Waals surface area contributed by atoms with Gasteiger partial charge in [0.15, 0.2) is 0 Å². The van der Waals surface area contributed by atoms with Crippen LogP contribution < -0.4 is 5.32 Å². The van der Waals surface area contributed by atoms with Crippen LogP contribution >= 0.6 is 0 Å². The molecule has 1 unspecified atom stereocenters. The third kappa shape index (κ3) is 3.84. The maximum absolute atomic E-state index is 5.43. The van der Waals surface area contributed by atoms with E-state index in [2.05, 4.69) is 17.1 Å². The molecule has 4 nitrogen and oxygen atoms in total. The minimum atomic E-state index is 0.339. The van der Waals surface area contributed by atoms with Gasteiger partial charge < -0.3 is 14.5 Å². The fourth-order valence-electron chi connectivity index (χ4n) is 2.16. The summed E-state index contributed by atoms with van der Waals surface area (Å²) in [6.07, 6.45) is 2.79. The van der Waals surface area contributed by atoms with Gasteiger partial charge in [-0.1, -0.05) is 6.92 Å². The van der Waals surface area contributed by atoms with E-state index in [4.69, 9.17) is 9.15 Å². The first kappa shape index (κ1) is 12.6. The maximum atomic E-state index is 5.43. The molecule has 0 bridgehead atoms. The molecule has 0 aromatic carbocycles. The highest BCUT2D eigenvalue weighted by Gasteiger charge is 2.13. The first-order valence-corrected chi connectivity index (χ1v) is 6.47. The molecule has 0 radical (unpaired) electrons. The van der Waals surface area contributed by atoms with Gasteiger partial charge in [0, 0.05) is 26.2 Å². The van der Waals surface area contributed by atoms with Crippen LogP contribution in [0.3, 0.4) is 0 Å². The number of hydrogen-bond acceptors (Lipinski definition) is 4. The molecule has 0 aliphatic carbocycles. The molecular formula is C13H22N2O2. The Labute approximate surface area is 103 Å². The van der Waals surface area contributed by atoms with Crippen LogP contribution in [0.15, 0.2) is 22.8 Å². The van der Waals surface area contributed by atoms with E-state index in [-0.39, 0.29) is 0 Å². The van der Waals surface area contributed by atoms with Crippen molar-refractivity contribution < 1.29 is 9.15 Å². The highest BCUT2D eigenvalue weighted by atomic mass is 16.5. The highest BCUT2D eigenvalue weighted by Crippen LogP contribution is 2.16. The second kappa shape index (κ2) is 6.79. The molecule has 1 N–H and O–H groups in total. The van der Waals surface area contributed by atoms with Crippen molar-refractivity contribution in [1.29, 1.82) is 0 Å². The lowest BCUT2D eigenvalue weighted by Crippen LogP contribution is -2.40. The van der Waals surface area contributed by atoms with E-state index in [1.54, 1.807) is 6.26 Å². The quantitative estimate of drug-likeness (QED) is 0.818. The van der Waals surface area contributed by atoms with Gasteiger partial charge in [-0.05, 0) is 18.6 Å². The summed E-state index contributed by atoms with van der Waals surface area (Å²) in [5.74, 6) is 1.04. The average molecular weight is 238 g/mol. The molecule has 1 aliphatic rings. The predicted molar refractivity (Wildman–Crippen MR) is 67.0 cm³/mol. The van der Waals surface area contributed by atoms with E-state index in [9.17, 15) is 0 Å². The number of nitrogens with zero attached hydrogens (tertiary/aromatic N) is 1. The largest absolute Gasteiger partial charge is 0.468 e. The van der Waals surface area contributed by atoms with Crippen molar-refractivity contribution in [3.05, 3.63) is 24.2 Å². The van der Waals surface area contributed by atoms with Crippen LogP contribution in [0.2, 0.25) is 0 Å². The Morgan fingerprint density at radius 1 is 1.41 bits per heavy atom. The zero-order chi connectivity index (χ0) is 11.9. The van der Waals surface area contributed by atoms with Gasteiger partial charge in [0.05, 0.1) is 25.5 Å². The number of hydrogen-bond donors (Lipinski definition) is 1. The number of ether oxygens (including phenoxy) is 1. The van der Waals surface area contributed by atoms with Gasteiger partial charge in [-0.15, -0.1) is 0 Å². The summed E-state index contributed by atoms with van der Waals surface area (Å²) in [4.78, 5) is 2.44. The Morgan fingerprint density at radius 2 is 2.24 bits per heavy atom. The number of furan rings is 1. The summed E-state index contributed by atoms with van der Waals surface area (Å²) in [5.41, 5.74) is 0. The van der Waals surface area contributed by atoms with Gasteiger partial charge in [-0.3, -0.25) is 4.90 Å². The van der Waals surface area contributed by atoms with E-state index in [1.807, 2.05) is 12.1 Å². The van der Waals surface area contributed by atoms with E-state index in [0.29, 0.717) is 6.04 Å². The average Bonchev–Trinajstić information content (AvgIpc) is 2.90. The number of nitrogens with one attached hydrogen (secondary N) is 1. The molecular weight excluding hydrogens is 216 g/mol. The summed E-state index contributed by atoms with van der Waals surface area (Å²) in [6, 6.07) is 4.32. The second-order valence-electron chi connectivity index (χ2n) is 4.38. The van der Waals surface area contributed by atoms with Crippen molar-refractivity contribution in [1.82, 2.24) is 10.2 Å². The Morgan fingerprint density at radius 3 is 2.88 bits per heavy atom. The summed E-state index contributed by atoms with van der Waals surface area (Å²) in [7, 11) is 0. The first-order valence-electron chi connectivity index (χ1n) is 6.47. The van der Waals surface area contributed by atoms with Crippen LogP contribution in [0, 0.1) is 0 Å². The molecule has 96 valence electrons. The number of morpholine rings is 1.